The molecule has 2 aromatic rings. The summed E-state index contributed by atoms with van der Waals surface area (Å²) in [6, 6.07) is 10.4. The summed E-state index contributed by atoms with van der Waals surface area (Å²) in [6.07, 6.45) is 0. The van der Waals surface area contributed by atoms with Crippen LogP contribution in [0.1, 0.15) is 37.9 Å². The van der Waals surface area contributed by atoms with Crippen LogP contribution in [0.3, 0.4) is 0 Å². The average molecular weight is 353 g/mol. The lowest BCUT2D eigenvalue weighted by Crippen LogP contribution is -2.48. The van der Waals surface area contributed by atoms with Crippen LogP contribution in [0.2, 0.25) is 0 Å². The van der Waals surface area contributed by atoms with Crippen LogP contribution in [0, 0.1) is 6.92 Å². The molecule has 6 nitrogen and oxygen atoms in total. The van der Waals surface area contributed by atoms with Crippen LogP contribution in [0.4, 0.5) is 17.5 Å². The molecule has 2 heterocycles. The largest absolute Gasteiger partial charge is 0.353 e. The predicted molar refractivity (Wildman–Crippen MR) is 105 cm³/mol. The molecule has 26 heavy (non-hydrogen) atoms. The summed E-state index contributed by atoms with van der Waals surface area (Å²) >= 11 is 0. The number of aromatic nitrogens is 2. The summed E-state index contributed by atoms with van der Waals surface area (Å²) < 4.78 is 0. The van der Waals surface area contributed by atoms with Gasteiger partial charge in [-0.1, -0.05) is 26.0 Å². The van der Waals surface area contributed by atoms with E-state index < -0.39 is 0 Å². The Hall–Kier alpha value is -2.63. The first-order valence-corrected chi connectivity index (χ1v) is 9.15. The van der Waals surface area contributed by atoms with E-state index in [9.17, 15) is 4.79 Å². The molecule has 1 aromatic carbocycles. The fourth-order valence-electron chi connectivity index (χ4n) is 3.10. The number of nitrogens with zero attached hydrogens (tertiary/aromatic N) is 4. The minimum Gasteiger partial charge on any atom is -0.353 e. The predicted octanol–water partition coefficient (Wildman–Crippen LogP) is 3.32. The number of rotatable bonds is 4. The second-order valence-corrected chi connectivity index (χ2v) is 7.09. The number of amides is 1. The fourth-order valence-corrected chi connectivity index (χ4v) is 3.10. The van der Waals surface area contributed by atoms with E-state index in [2.05, 4.69) is 58.3 Å². The summed E-state index contributed by atoms with van der Waals surface area (Å²) in [5, 5.41) is 3.30. The monoisotopic (exact) mass is 353 g/mol. The molecule has 138 valence electrons. The number of anilines is 3. The fraction of sp³-hybridized carbons (Fsp3) is 0.450. The van der Waals surface area contributed by atoms with Gasteiger partial charge in [0.15, 0.2) is 0 Å². The Morgan fingerprint density at radius 1 is 1.08 bits per heavy atom. The third-order valence-corrected chi connectivity index (χ3v) is 4.72. The van der Waals surface area contributed by atoms with Gasteiger partial charge < -0.3 is 15.1 Å². The first-order chi connectivity index (χ1) is 12.4. The molecule has 0 unspecified atom stereocenters. The van der Waals surface area contributed by atoms with E-state index in [0.717, 1.165) is 43.4 Å². The number of hydrogen-bond acceptors (Lipinski definition) is 5. The van der Waals surface area contributed by atoms with Crippen LogP contribution in [0.25, 0.3) is 0 Å². The van der Waals surface area contributed by atoms with Crippen molar-refractivity contribution < 1.29 is 4.79 Å². The first kappa shape index (κ1) is 18.2. The quantitative estimate of drug-likeness (QED) is 0.914. The lowest BCUT2D eigenvalue weighted by Gasteiger charge is -2.35. The van der Waals surface area contributed by atoms with E-state index in [0.29, 0.717) is 11.9 Å². The van der Waals surface area contributed by atoms with Gasteiger partial charge in [-0.15, -0.1) is 0 Å². The molecule has 0 radical (unpaired) electrons. The maximum Gasteiger partial charge on any atom is 0.229 e. The molecule has 0 atom stereocenters. The van der Waals surface area contributed by atoms with Crippen LogP contribution >= 0.6 is 0 Å². The molecule has 1 aromatic heterocycles. The number of carbonyl (C=O) groups is 1. The molecule has 0 saturated carbocycles. The summed E-state index contributed by atoms with van der Waals surface area (Å²) in [4.78, 5) is 24.8. The Labute approximate surface area is 155 Å². The number of piperazine rings is 1. The highest BCUT2D eigenvalue weighted by atomic mass is 16.2. The smallest absolute Gasteiger partial charge is 0.229 e. The molecule has 3 rings (SSSR count). The van der Waals surface area contributed by atoms with E-state index in [-0.39, 0.29) is 5.91 Å². The molecule has 1 amide bonds. The van der Waals surface area contributed by atoms with Crippen molar-refractivity contribution in [1.29, 1.82) is 0 Å². The van der Waals surface area contributed by atoms with Gasteiger partial charge in [0.2, 0.25) is 11.9 Å². The average Bonchev–Trinajstić information content (AvgIpc) is 2.61. The van der Waals surface area contributed by atoms with Crippen LogP contribution in [-0.2, 0) is 4.79 Å². The van der Waals surface area contributed by atoms with Crippen molar-refractivity contribution >= 4 is 23.4 Å². The third-order valence-electron chi connectivity index (χ3n) is 4.72. The van der Waals surface area contributed by atoms with E-state index in [4.69, 9.17) is 0 Å². The van der Waals surface area contributed by atoms with E-state index in [1.54, 1.807) is 6.92 Å². The Morgan fingerprint density at radius 2 is 1.73 bits per heavy atom. The lowest BCUT2D eigenvalue weighted by molar-refractivity contribution is -0.129. The van der Waals surface area contributed by atoms with Crippen molar-refractivity contribution in [3.8, 4) is 0 Å². The van der Waals surface area contributed by atoms with Crippen LogP contribution in [0.5, 0.6) is 0 Å². The number of benzene rings is 1. The molecule has 1 saturated heterocycles. The van der Waals surface area contributed by atoms with Gasteiger partial charge >= 0.3 is 0 Å². The Balaban J connectivity index is 1.72. The number of hydrogen-bond donors (Lipinski definition) is 1. The van der Waals surface area contributed by atoms with Gasteiger partial charge in [-0.25, -0.2) is 4.98 Å². The van der Waals surface area contributed by atoms with E-state index in [1.165, 1.54) is 5.56 Å². The summed E-state index contributed by atoms with van der Waals surface area (Å²) in [6.45, 7) is 11.0. The molecule has 0 spiro atoms. The highest BCUT2D eigenvalue weighted by molar-refractivity contribution is 5.73. The molecular formula is C20H27N5O. The van der Waals surface area contributed by atoms with Crippen LogP contribution in [-0.4, -0.2) is 47.0 Å². The minimum absolute atomic E-state index is 0.135. The third kappa shape index (κ3) is 4.31. The molecule has 0 bridgehead atoms. The molecule has 1 aliphatic heterocycles. The van der Waals surface area contributed by atoms with Crippen molar-refractivity contribution in [2.24, 2.45) is 0 Å². The SMILES string of the molecule is CC(=O)N1CCN(c2cc(C)nc(Nc3ccc(C(C)C)cc3)n2)CC1. The van der Waals surface area contributed by atoms with Gasteiger partial charge in [0, 0.05) is 50.6 Å². The van der Waals surface area contributed by atoms with E-state index >= 15 is 0 Å². The summed E-state index contributed by atoms with van der Waals surface area (Å²) in [5.74, 6) is 2.16. The van der Waals surface area contributed by atoms with Gasteiger partial charge in [0.05, 0.1) is 0 Å². The van der Waals surface area contributed by atoms with Crippen molar-refractivity contribution in [2.45, 2.75) is 33.6 Å². The number of carbonyl (C=O) groups excluding carboxylic acids is 1. The van der Waals surface area contributed by atoms with Gasteiger partial charge in [0.25, 0.3) is 0 Å². The first-order valence-electron chi connectivity index (χ1n) is 9.15. The topological polar surface area (TPSA) is 61.4 Å². The number of aryl methyl sites for hydroxylation is 1. The molecule has 1 fully saturated rings. The normalized spacial score (nSPS) is 14.7. The molecule has 1 N–H and O–H groups in total. The zero-order valence-corrected chi connectivity index (χ0v) is 16.0. The number of nitrogens with one attached hydrogen (secondary N) is 1. The Kier molecular flexibility index (Phi) is 5.40. The molecular weight excluding hydrogens is 326 g/mol. The molecule has 0 aliphatic carbocycles. The highest BCUT2D eigenvalue weighted by Gasteiger charge is 2.20. The van der Waals surface area contributed by atoms with E-state index in [1.807, 2.05) is 17.9 Å². The van der Waals surface area contributed by atoms with Gasteiger partial charge in [-0.05, 0) is 30.5 Å². The zero-order chi connectivity index (χ0) is 18.7. The van der Waals surface area contributed by atoms with Crippen molar-refractivity contribution in [2.75, 3.05) is 36.4 Å². The van der Waals surface area contributed by atoms with Crippen LogP contribution in [0.15, 0.2) is 30.3 Å². The van der Waals surface area contributed by atoms with Gasteiger partial charge in [-0.2, -0.15) is 4.98 Å². The van der Waals surface area contributed by atoms with Gasteiger partial charge in [-0.3, -0.25) is 4.79 Å². The minimum atomic E-state index is 0.135. The van der Waals surface area contributed by atoms with Crippen molar-refractivity contribution in [3.05, 3.63) is 41.6 Å². The Morgan fingerprint density at radius 3 is 2.31 bits per heavy atom. The standard InChI is InChI=1S/C20H27N5O/c1-14(2)17-5-7-18(8-6-17)22-20-21-15(3)13-19(23-20)25-11-9-24(10-12-25)16(4)26/h5-8,13-14H,9-12H2,1-4H3,(H,21,22,23). The highest BCUT2D eigenvalue weighted by Crippen LogP contribution is 2.21. The molecule has 6 heteroatoms. The lowest BCUT2D eigenvalue weighted by atomic mass is 10.0. The second kappa shape index (κ2) is 7.72. The molecule has 1 aliphatic rings. The Bertz CT molecular complexity index is 764. The summed E-state index contributed by atoms with van der Waals surface area (Å²) in [5.41, 5.74) is 3.21. The maximum absolute atomic E-state index is 11.5. The summed E-state index contributed by atoms with van der Waals surface area (Å²) in [7, 11) is 0. The second-order valence-electron chi connectivity index (χ2n) is 7.09. The van der Waals surface area contributed by atoms with Crippen molar-refractivity contribution in [1.82, 2.24) is 14.9 Å². The zero-order valence-electron chi connectivity index (χ0n) is 16.0. The van der Waals surface area contributed by atoms with Crippen molar-refractivity contribution in [3.63, 3.8) is 0 Å². The van der Waals surface area contributed by atoms with Crippen LogP contribution < -0.4 is 10.2 Å². The maximum atomic E-state index is 11.5. The van der Waals surface area contributed by atoms with Gasteiger partial charge in [0.1, 0.15) is 5.82 Å².